The minimum Gasteiger partial charge on any atom is -0.388 e. The second-order valence-corrected chi connectivity index (χ2v) is 6.20. The summed E-state index contributed by atoms with van der Waals surface area (Å²) in [5, 5.41) is 9.97. The van der Waals surface area contributed by atoms with E-state index in [0.29, 0.717) is 25.7 Å². The van der Waals surface area contributed by atoms with Gasteiger partial charge in [0.25, 0.3) is 0 Å². The molecule has 0 bridgehead atoms. The van der Waals surface area contributed by atoms with E-state index < -0.39 is 6.10 Å². The Bertz CT molecular complexity index is 412. The Balaban J connectivity index is 1.66. The second-order valence-electron chi connectivity index (χ2n) is 6.20. The van der Waals surface area contributed by atoms with Gasteiger partial charge < -0.3 is 20.3 Å². The van der Waals surface area contributed by atoms with E-state index in [9.17, 15) is 5.11 Å². The zero-order valence-corrected chi connectivity index (χ0v) is 12.8. The minimum atomic E-state index is -0.604. The summed E-state index contributed by atoms with van der Waals surface area (Å²) in [6.45, 7) is 3.83. The van der Waals surface area contributed by atoms with Crippen LogP contribution in [0.2, 0.25) is 0 Å². The van der Waals surface area contributed by atoms with E-state index in [1.165, 1.54) is 0 Å². The van der Waals surface area contributed by atoms with Crippen LogP contribution in [0.4, 0.5) is 0 Å². The van der Waals surface area contributed by atoms with Crippen LogP contribution in [0.3, 0.4) is 0 Å². The molecule has 21 heavy (non-hydrogen) atoms. The van der Waals surface area contributed by atoms with Gasteiger partial charge >= 0.3 is 0 Å². The number of aliphatic hydroxyl groups excluding tert-OH is 1. The molecule has 3 unspecified atom stereocenters. The largest absolute Gasteiger partial charge is 0.388 e. The third kappa shape index (κ3) is 5.08. The fourth-order valence-corrected chi connectivity index (χ4v) is 2.93. The molecule has 3 atom stereocenters. The lowest BCUT2D eigenvalue weighted by molar-refractivity contribution is -0.0909. The van der Waals surface area contributed by atoms with Gasteiger partial charge in [-0.15, -0.1) is 0 Å². The van der Waals surface area contributed by atoms with Crippen LogP contribution in [0.5, 0.6) is 0 Å². The molecule has 4 heteroatoms. The number of nitrogens with two attached hydrogens (primary N) is 1. The Morgan fingerprint density at radius 2 is 2.10 bits per heavy atom. The molecule has 2 rings (SSSR count). The highest BCUT2D eigenvalue weighted by atomic mass is 16.5. The molecule has 1 saturated carbocycles. The van der Waals surface area contributed by atoms with Crippen molar-refractivity contribution in [3.8, 4) is 0 Å². The van der Waals surface area contributed by atoms with E-state index in [1.54, 1.807) is 0 Å². The van der Waals surface area contributed by atoms with Crippen molar-refractivity contribution in [3.05, 3.63) is 35.9 Å². The van der Waals surface area contributed by atoms with Crippen LogP contribution < -0.4 is 5.73 Å². The van der Waals surface area contributed by atoms with Gasteiger partial charge in [0.15, 0.2) is 0 Å². The van der Waals surface area contributed by atoms with Crippen molar-refractivity contribution in [2.24, 2.45) is 11.7 Å². The zero-order valence-electron chi connectivity index (χ0n) is 12.8. The van der Waals surface area contributed by atoms with Crippen molar-refractivity contribution in [1.29, 1.82) is 0 Å². The molecule has 0 aliphatic heterocycles. The molecule has 118 valence electrons. The first-order chi connectivity index (χ1) is 10.1. The molecule has 0 radical (unpaired) electrons. The summed E-state index contributed by atoms with van der Waals surface area (Å²) in [5.74, 6) is 0.653. The molecule has 0 spiro atoms. The molecule has 1 aliphatic rings. The number of hydrogen-bond donors (Lipinski definition) is 2. The highest BCUT2D eigenvalue weighted by molar-refractivity contribution is 5.13. The Hall–Kier alpha value is -0.940. The standard InChI is InChI=1S/C17H27NO3/c1-14-7-8-17(9-14,13-18)21-12-16(19)11-20-10-15-5-3-2-4-6-15/h2-6,14,16,19H,7-13,18H2,1H3. The Labute approximate surface area is 127 Å². The lowest BCUT2D eigenvalue weighted by Crippen LogP contribution is -2.41. The van der Waals surface area contributed by atoms with Crippen molar-refractivity contribution in [3.63, 3.8) is 0 Å². The first kappa shape index (κ1) is 16.4. The van der Waals surface area contributed by atoms with Crippen LogP contribution in [-0.4, -0.2) is 36.6 Å². The van der Waals surface area contributed by atoms with E-state index in [1.807, 2.05) is 30.3 Å². The highest BCUT2D eigenvalue weighted by Crippen LogP contribution is 2.36. The summed E-state index contributed by atoms with van der Waals surface area (Å²) in [6.07, 6.45) is 2.52. The van der Waals surface area contributed by atoms with Gasteiger partial charge in [-0.05, 0) is 30.7 Å². The van der Waals surface area contributed by atoms with Gasteiger partial charge in [0.2, 0.25) is 0 Å². The number of aliphatic hydroxyl groups is 1. The molecule has 0 aromatic heterocycles. The summed E-state index contributed by atoms with van der Waals surface area (Å²) >= 11 is 0. The summed E-state index contributed by atoms with van der Waals surface area (Å²) in [7, 11) is 0. The Morgan fingerprint density at radius 1 is 1.33 bits per heavy atom. The maximum atomic E-state index is 9.97. The second kappa shape index (κ2) is 7.90. The van der Waals surface area contributed by atoms with Crippen molar-refractivity contribution >= 4 is 0 Å². The number of ether oxygens (including phenoxy) is 2. The van der Waals surface area contributed by atoms with E-state index >= 15 is 0 Å². The normalized spacial score (nSPS) is 26.9. The van der Waals surface area contributed by atoms with E-state index in [0.717, 1.165) is 24.8 Å². The van der Waals surface area contributed by atoms with Crippen molar-refractivity contribution in [2.45, 2.75) is 44.5 Å². The fourth-order valence-electron chi connectivity index (χ4n) is 2.93. The van der Waals surface area contributed by atoms with E-state index in [-0.39, 0.29) is 12.2 Å². The first-order valence-corrected chi connectivity index (χ1v) is 7.77. The molecule has 0 amide bonds. The van der Waals surface area contributed by atoms with Gasteiger partial charge in [-0.25, -0.2) is 0 Å². The minimum absolute atomic E-state index is 0.236. The number of benzene rings is 1. The molecule has 0 saturated heterocycles. The van der Waals surface area contributed by atoms with Gasteiger partial charge in [0.05, 0.1) is 25.4 Å². The zero-order chi connectivity index (χ0) is 15.1. The molecular weight excluding hydrogens is 266 g/mol. The third-order valence-electron chi connectivity index (χ3n) is 4.19. The van der Waals surface area contributed by atoms with Crippen LogP contribution >= 0.6 is 0 Å². The molecule has 1 fully saturated rings. The number of rotatable bonds is 8. The van der Waals surface area contributed by atoms with E-state index in [2.05, 4.69) is 6.92 Å². The fraction of sp³-hybridized carbons (Fsp3) is 0.647. The van der Waals surface area contributed by atoms with Crippen molar-refractivity contribution in [1.82, 2.24) is 0 Å². The van der Waals surface area contributed by atoms with Crippen molar-refractivity contribution in [2.75, 3.05) is 19.8 Å². The highest BCUT2D eigenvalue weighted by Gasteiger charge is 2.37. The molecule has 4 nitrogen and oxygen atoms in total. The van der Waals surface area contributed by atoms with Gasteiger partial charge in [-0.1, -0.05) is 37.3 Å². The Morgan fingerprint density at radius 3 is 2.71 bits per heavy atom. The smallest absolute Gasteiger partial charge is 0.101 e. The van der Waals surface area contributed by atoms with Crippen LogP contribution in [0.1, 0.15) is 31.7 Å². The molecule has 1 aliphatic carbocycles. The molecule has 1 aromatic carbocycles. The number of hydrogen-bond acceptors (Lipinski definition) is 4. The van der Waals surface area contributed by atoms with Crippen LogP contribution in [-0.2, 0) is 16.1 Å². The van der Waals surface area contributed by atoms with Crippen molar-refractivity contribution < 1.29 is 14.6 Å². The third-order valence-corrected chi connectivity index (χ3v) is 4.19. The predicted molar refractivity (Wildman–Crippen MR) is 82.9 cm³/mol. The van der Waals surface area contributed by atoms with Gasteiger partial charge in [0, 0.05) is 6.54 Å². The van der Waals surface area contributed by atoms with Gasteiger partial charge in [0.1, 0.15) is 6.10 Å². The molecular formula is C17H27NO3. The van der Waals surface area contributed by atoms with Crippen LogP contribution in [0.25, 0.3) is 0 Å². The Kier molecular flexibility index (Phi) is 6.18. The first-order valence-electron chi connectivity index (χ1n) is 7.77. The topological polar surface area (TPSA) is 64.7 Å². The van der Waals surface area contributed by atoms with Gasteiger partial charge in [-0.3, -0.25) is 0 Å². The SMILES string of the molecule is CC1CCC(CN)(OCC(O)COCc2ccccc2)C1. The molecule has 1 aromatic rings. The maximum Gasteiger partial charge on any atom is 0.101 e. The predicted octanol–water partition coefficient (Wildman–Crippen LogP) is 2.10. The quantitative estimate of drug-likeness (QED) is 0.770. The summed E-state index contributed by atoms with van der Waals surface area (Å²) in [4.78, 5) is 0. The lowest BCUT2D eigenvalue weighted by Gasteiger charge is -2.29. The average molecular weight is 293 g/mol. The van der Waals surface area contributed by atoms with E-state index in [4.69, 9.17) is 15.2 Å². The summed E-state index contributed by atoms with van der Waals surface area (Å²) in [6, 6.07) is 9.94. The molecule has 3 N–H and O–H groups in total. The van der Waals surface area contributed by atoms with Gasteiger partial charge in [-0.2, -0.15) is 0 Å². The van der Waals surface area contributed by atoms with Crippen LogP contribution in [0.15, 0.2) is 30.3 Å². The maximum absolute atomic E-state index is 9.97. The summed E-state index contributed by atoms with van der Waals surface area (Å²) in [5.41, 5.74) is 6.72. The lowest BCUT2D eigenvalue weighted by atomic mass is 10.0. The average Bonchev–Trinajstić information content (AvgIpc) is 2.88. The van der Waals surface area contributed by atoms with Crippen LogP contribution in [0, 0.1) is 5.92 Å². The molecule has 0 heterocycles. The monoisotopic (exact) mass is 293 g/mol. The summed E-state index contributed by atoms with van der Waals surface area (Å²) < 4.78 is 11.4.